The number of guanidine groups is 1. The molecule has 0 bridgehead atoms. The van der Waals surface area contributed by atoms with Gasteiger partial charge in [0.1, 0.15) is 0 Å². The molecule has 0 aliphatic carbocycles. The maximum Gasteiger partial charge on any atom is 0.191 e. The van der Waals surface area contributed by atoms with E-state index in [2.05, 4.69) is 52.9 Å². The predicted molar refractivity (Wildman–Crippen MR) is 126 cm³/mol. The fourth-order valence-electron chi connectivity index (χ4n) is 2.65. The predicted octanol–water partition coefficient (Wildman–Crippen LogP) is 3.79. The second kappa shape index (κ2) is 16.4. The van der Waals surface area contributed by atoms with Crippen LogP contribution in [-0.4, -0.2) is 57.8 Å². The van der Waals surface area contributed by atoms with Crippen LogP contribution in [0.2, 0.25) is 0 Å². The molecule has 1 saturated heterocycles. The summed E-state index contributed by atoms with van der Waals surface area (Å²) in [5, 5.41) is 6.69. The van der Waals surface area contributed by atoms with Crippen LogP contribution in [0.4, 0.5) is 0 Å². The average molecular weight is 507 g/mol. The summed E-state index contributed by atoms with van der Waals surface area (Å²) in [6.07, 6.45) is 3.20. The number of aliphatic imine (C=N–C) groups is 1. The molecule has 0 aromatic heterocycles. The van der Waals surface area contributed by atoms with Crippen molar-refractivity contribution in [1.29, 1.82) is 0 Å². The van der Waals surface area contributed by atoms with Crippen molar-refractivity contribution in [3.8, 4) is 0 Å². The number of hydrogen-bond acceptors (Lipinski definition) is 4. The summed E-state index contributed by atoms with van der Waals surface area (Å²) >= 11 is 1.89. The Morgan fingerprint density at radius 3 is 2.85 bits per heavy atom. The summed E-state index contributed by atoms with van der Waals surface area (Å²) in [5.74, 6) is 2.59. The van der Waals surface area contributed by atoms with Crippen molar-refractivity contribution in [2.24, 2.45) is 10.9 Å². The van der Waals surface area contributed by atoms with E-state index in [0.717, 1.165) is 77.0 Å². The van der Waals surface area contributed by atoms with Crippen LogP contribution in [0.15, 0.2) is 40.2 Å². The minimum atomic E-state index is 0. The molecular weight excluding hydrogens is 473 g/mol. The van der Waals surface area contributed by atoms with E-state index in [0.29, 0.717) is 5.92 Å². The Balaban J connectivity index is 0.00000364. The second-order valence-corrected chi connectivity index (χ2v) is 7.53. The molecule has 27 heavy (non-hydrogen) atoms. The van der Waals surface area contributed by atoms with Gasteiger partial charge < -0.3 is 20.1 Å². The molecule has 1 fully saturated rings. The van der Waals surface area contributed by atoms with Gasteiger partial charge in [-0.3, -0.25) is 4.99 Å². The molecule has 1 aromatic carbocycles. The van der Waals surface area contributed by atoms with Crippen molar-refractivity contribution >= 4 is 41.7 Å². The first-order chi connectivity index (χ1) is 12.9. The van der Waals surface area contributed by atoms with E-state index in [9.17, 15) is 0 Å². The van der Waals surface area contributed by atoms with Gasteiger partial charge in [0.2, 0.25) is 0 Å². The number of thioether (sulfide) groups is 1. The summed E-state index contributed by atoms with van der Waals surface area (Å²) in [7, 11) is 0. The Hall–Kier alpha value is -0.510. The van der Waals surface area contributed by atoms with Crippen LogP contribution in [0.3, 0.4) is 0 Å². The molecule has 1 aliphatic rings. The third-order valence-corrected chi connectivity index (χ3v) is 5.16. The number of benzene rings is 1. The molecule has 1 aromatic rings. The highest BCUT2D eigenvalue weighted by molar-refractivity contribution is 14.0. The summed E-state index contributed by atoms with van der Waals surface area (Å²) in [4.78, 5) is 5.97. The number of ether oxygens (including phenoxy) is 2. The molecule has 154 valence electrons. The third kappa shape index (κ3) is 11.8. The van der Waals surface area contributed by atoms with Crippen LogP contribution in [0.1, 0.15) is 26.2 Å². The lowest BCUT2D eigenvalue weighted by Crippen LogP contribution is -2.38. The van der Waals surface area contributed by atoms with Crippen LogP contribution in [0, 0.1) is 5.92 Å². The Labute approximate surface area is 185 Å². The van der Waals surface area contributed by atoms with Crippen LogP contribution in [0.25, 0.3) is 0 Å². The molecule has 1 unspecified atom stereocenters. The van der Waals surface area contributed by atoms with Gasteiger partial charge in [-0.2, -0.15) is 0 Å². The van der Waals surface area contributed by atoms with Crippen LogP contribution in [0.5, 0.6) is 0 Å². The van der Waals surface area contributed by atoms with Crippen molar-refractivity contribution in [3.05, 3.63) is 30.3 Å². The molecular formula is C20H34IN3O2S. The van der Waals surface area contributed by atoms with Gasteiger partial charge in [-0.25, -0.2) is 0 Å². The van der Waals surface area contributed by atoms with E-state index >= 15 is 0 Å². The van der Waals surface area contributed by atoms with E-state index in [4.69, 9.17) is 9.47 Å². The van der Waals surface area contributed by atoms with E-state index < -0.39 is 0 Å². The highest BCUT2D eigenvalue weighted by Crippen LogP contribution is 2.17. The van der Waals surface area contributed by atoms with E-state index in [-0.39, 0.29) is 24.0 Å². The van der Waals surface area contributed by atoms with Gasteiger partial charge in [0, 0.05) is 43.7 Å². The zero-order valence-corrected chi connectivity index (χ0v) is 19.5. The lowest BCUT2D eigenvalue weighted by Gasteiger charge is -2.12. The Kier molecular flexibility index (Phi) is 14.9. The first-order valence-corrected chi connectivity index (χ1v) is 10.7. The van der Waals surface area contributed by atoms with Crippen molar-refractivity contribution < 1.29 is 9.47 Å². The number of nitrogens with zero attached hydrogens (tertiary/aromatic N) is 1. The Bertz CT molecular complexity index is 499. The van der Waals surface area contributed by atoms with Gasteiger partial charge in [-0.05, 0) is 44.1 Å². The molecule has 2 N–H and O–H groups in total. The lowest BCUT2D eigenvalue weighted by molar-refractivity contribution is 0.0888. The lowest BCUT2D eigenvalue weighted by atomic mass is 10.1. The molecule has 0 spiro atoms. The quantitative estimate of drug-likeness (QED) is 0.148. The summed E-state index contributed by atoms with van der Waals surface area (Å²) in [5.41, 5.74) is 0. The average Bonchev–Trinajstić information content (AvgIpc) is 3.18. The van der Waals surface area contributed by atoms with Gasteiger partial charge in [0.15, 0.2) is 5.96 Å². The zero-order chi connectivity index (χ0) is 18.3. The Morgan fingerprint density at radius 1 is 1.26 bits per heavy atom. The van der Waals surface area contributed by atoms with Crippen LogP contribution in [-0.2, 0) is 9.47 Å². The molecule has 1 heterocycles. The molecule has 2 rings (SSSR count). The van der Waals surface area contributed by atoms with Gasteiger partial charge >= 0.3 is 0 Å². The van der Waals surface area contributed by atoms with Gasteiger partial charge in [0.25, 0.3) is 0 Å². The SMILES string of the molecule is CCNC(=NCCCSc1ccccc1)NCCCOCC1CCOC1.I. The standard InChI is InChI=1S/C20H33N3O2S.HI/c1-2-21-20(22-11-6-13-24-16-18-10-14-25-17-18)23-12-7-15-26-19-8-4-3-5-9-19;/h3-5,8-9,18H,2,6-7,10-17H2,1H3,(H2,21,22,23);1H. The van der Waals surface area contributed by atoms with Gasteiger partial charge in [-0.15, -0.1) is 35.7 Å². The normalized spacial score (nSPS) is 16.8. The van der Waals surface area contributed by atoms with E-state index in [1.807, 2.05) is 11.8 Å². The molecule has 0 saturated carbocycles. The molecule has 7 heteroatoms. The first kappa shape index (κ1) is 24.5. The van der Waals surface area contributed by atoms with Crippen molar-refractivity contribution in [3.63, 3.8) is 0 Å². The fraction of sp³-hybridized carbons (Fsp3) is 0.650. The number of rotatable bonds is 12. The minimum Gasteiger partial charge on any atom is -0.381 e. The Morgan fingerprint density at radius 2 is 2.11 bits per heavy atom. The van der Waals surface area contributed by atoms with Gasteiger partial charge in [0.05, 0.1) is 13.2 Å². The first-order valence-electron chi connectivity index (χ1n) is 9.74. The smallest absolute Gasteiger partial charge is 0.191 e. The molecule has 1 atom stereocenters. The highest BCUT2D eigenvalue weighted by atomic mass is 127. The maximum atomic E-state index is 5.73. The summed E-state index contributed by atoms with van der Waals surface area (Å²) in [6, 6.07) is 10.5. The second-order valence-electron chi connectivity index (χ2n) is 6.36. The number of hydrogen-bond donors (Lipinski definition) is 2. The summed E-state index contributed by atoms with van der Waals surface area (Å²) < 4.78 is 11.1. The van der Waals surface area contributed by atoms with Crippen molar-refractivity contribution in [1.82, 2.24) is 10.6 Å². The summed E-state index contributed by atoms with van der Waals surface area (Å²) in [6.45, 7) is 8.06. The van der Waals surface area contributed by atoms with Crippen molar-refractivity contribution in [2.75, 3.05) is 51.8 Å². The monoisotopic (exact) mass is 507 g/mol. The van der Waals surface area contributed by atoms with Gasteiger partial charge in [-0.1, -0.05) is 18.2 Å². The molecule has 0 amide bonds. The largest absolute Gasteiger partial charge is 0.381 e. The highest BCUT2D eigenvalue weighted by Gasteiger charge is 2.15. The van der Waals surface area contributed by atoms with Crippen molar-refractivity contribution in [2.45, 2.75) is 31.1 Å². The fourth-order valence-corrected chi connectivity index (χ4v) is 3.51. The topological polar surface area (TPSA) is 54.9 Å². The minimum absolute atomic E-state index is 0. The molecule has 5 nitrogen and oxygen atoms in total. The molecule has 1 aliphatic heterocycles. The molecule has 0 radical (unpaired) electrons. The van der Waals surface area contributed by atoms with E-state index in [1.54, 1.807) is 0 Å². The zero-order valence-electron chi connectivity index (χ0n) is 16.3. The van der Waals surface area contributed by atoms with Crippen LogP contribution >= 0.6 is 35.7 Å². The van der Waals surface area contributed by atoms with E-state index in [1.165, 1.54) is 4.90 Å². The third-order valence-electron chi connectivity index (χ3n) is 4.06. The number of halogens is 1. The van der Waals surface area contributed by atoms with Crippen LogP contribution < -0.4 is 10.6 Å². The number of nitrogens with one attached hydrogen (secondary N) is 2. The maximum absolute atomic E-state index is 5.73.